The number of phenols is 2. The maximum atomic E-state index is 12.5. The van der Waals surface area contributed by atoms with E-state index in [0.717, 1.165) is 57.9 Å². The summed E-state index contributed by atoms with van der Waals surface area (Å²) >= 11 is 0. The number of phenolic OH excluding ortho intramolecular Hbond substituents is 2. The third kappa shape index (κ3) is 4.47. The number of halogens is 3. The molecule has 1 aromatic carbocycles. The van der Waals surface area contributed by atoms with Crippen molar-refractivity contribution in [2.45, 2.75) is 43.8 Å². The van der Waals surface area contributed by atoms with Crippen LogP contribution < -0.4 is 10.1 Å². The van der Waals surface area contributed by atoms with Crippen LogP contribution in [0.5, 0.6) is 17.2 Å². The van der Waals surface area contributed by atoms with E-state index in [1.54, 1.807) is 0 Å². The van der Waals surface area contributed by atoms with Gasteiger partial charge in [-0.15, -0.1) is 0 Å². The highest BCUT2D eigenvalue weighted by Crippen LogP contribution is 2.46. The van der Waals surface area contributed by atoms with Crippen molar-refractivity contribution in [2.75, 3.05) is 26.2 Å². The van der Waals surface area contributed by atoms with Crippen molar-refractivity contribution in [1.29, 1.82) is 0 Å². The molecule has 2 fully saturated rings. The Morgan fingerprint density at radius 2 is 1.89 bits per heavy atom. The average Bonchev–Trinajstić information content (AvgIpc) is 2.65. The van der Waals surface area contributed by atoms with Gasteiger partial charge in [0.15, 0.2) is 11.5 Å². The molecule has 150 valence electrons. The van der Waals surface area contributed by atoms with Crippen LogP contribution in [0.4, 0.5) is 13.2 Å². The highest BCUT2D eigenvalue weighted by molar-refractivity contribution is 5.80. The van der Waals surface area contributed by atoms with E-state index in [1.807, 2.05) is 0 Å². The van der Waals surface area contributed by atoms with Crippen LogP contribution in [0.3, 0.4) is 0 Å². The molecule has 1 saturated carbocycles. The Hall–Kier alpha value is -2.00. The van der Waals surface area contributed by atoms with Crippen molar-refractivity contribution in [3.05, 3.63) is 17.7 Å². The maximum absolute atomic E-state index is 12.5. The Labute approximate surface area is 154 Å². The molecule has 1 saturated heterocycles. The second-order valence-corrected chi connectivity index (χ2v) is 7.04. The van der Waals surface area contributed by atoms with Crippen LogP contribution in [0, 0.1) is 0 Å². The molecule has 6 nitrogen and oxygen atoms in total. The van der Waals surface area contributed by atoms with E-state index >= 15 is 0 Å². The summed E-state index contributed by atoms with van der Waals surface area (Å²) in [4.78, 5) is 13.5. The van der Waals surface area contributed by atoms with Gasteiger partial charge in [0, 0.05) is 37.8 Å². The van der Waals surface area contributed by atoms with Crippen LogP contribution in [0.25, 0.3) is 0 Å². The zero-order valence-electron chi connectivity index (χ0n) is 14.8. The van der Waals surface area contributed by atoms with Gasteiger partial charge in [0.1, 0.15) is 0 Å². The van der Waals surface area contributed by atoms with Crippen molar-refractivity contribution < 1.29 is 32.9 Å². The predicted molar refractivity (Wildman–Crippen MR) is 90.9 cm³/mol. The Kier molecular flexibility index (Phi) is 5.81. The molecule has 0 bridgehead atoms. The number of rotatable bonds is 3. The number of ether oxygens (including phenoxy) is 1. The van der Waals surface area contributed by atoms with Crippen molar-refractivity contribution in [3.8, 4) is 17.2 Å². The molecule has 3 N–H and O–H groups in total. The number of carbonyl (C=O) groups excluding carboxylic acids is 1. The first-order valence-corrected chi connectivity index (χ1v) is 9.06. The average molecular weight is 388 g/mol. The summed E-state index contributed by atoms with van der Waals surface area (Å²) in [6.45, 7) is 3.72. The van der Waals surface area contributed by atoms with E-state index in [-0.39, 0.29) is 5.92 Å². The monoisotopic (exact) mass is 388 g/mol. The number of alkyl halides is 3. The number of hydrogen-bond donors (Lipinski definition) is 3. The molecule has 0 aromatic heterocycles. The molecule has 1 aliphatic carbocycles. The molecule has 2 aliphatic rings. The van der Waals surface area contributed by atoms with Crippen molar-refractivity contribution in [3.63, 3.8) is 0 Å². The summed E-state index contributed by atoms with van der Waals surface area (Å²) in [5.74, 6) is -4.70. The van der Waals surface area contributed by atoms with Crippen molar-refractivity contribution in [2.24, 2.45) is 0 Å². The molecular formula is C18H23F3N2O4. The largest absolute Gasteiger partial charge is 0.504 e. The second-order valence-electron chi connectivity index (χ2n) is 7.04. The highest BCUT2D eigenvalue weighted by Gasteiger charge is 2.42. The first-order valence-electron chi connectivity index (χ1n) is 9.06. The van der Waals surface area contributed by atoms with Crippen LogP contribution >= 0.6 is 0 Å². The summed E-state index contributed by atoms with van der Waals surface area (Å²) in [6.07, 6.45) is -1.73. The summed E-state index contributed by atoms with van der Waals surface area (Å²) < 4.78 is 41.6. The van der Waals surface area contributed by atoms with Crippen LogP contribution in [-0.2, 0) is 4.79 Å². The van der Waals surface area contributed by atoms with Gasteiger partial charge in [0.2, 0.25) is 5.75 Å². The van der Waals surface area contributed by atoms with Crippen molar-refractivity contribution in [1.82, 2.24) is 10.2 Å². The van der Waals surface area contributed by atoms with Gasteiger partial charge in [0.05, 0.1) is 0 Å². The molecule has 3 rings (SSSR count). The Balaban J connectivity index is 1.79. The van der Waals surface area contributed by atoms with Crippen LogP contribution in [0.2, 0.25) is 0 Å². The van der Waals surface area contributed by atoms with Crippen LogP contribution in [0.15, 0.2) is 12.1 Å². The minimum absolute atomic E-state index is 0.0809. The number of piperazine rings is 1. The van der Waals surface area contributed by atoms with Crippen LogP contribution in [-0.4, -0.2) is 59.5 Å². The number of aromatic hydroxyl groups is 2. The first kappa shape index (κ1) is 19.8. The number of benzene rings is 1. The van der Waals surface area contributed by atoms with Gasteiger partial charge in [-0.2, -0.15) is 13.2 Å². The standard InChI is InChI=1S/C18H23F3N2O4/c19-18(20,21)17(26)27-16-14(24)5-4-13(15(16)25)11-2-1-3-12(10-11)23-8-6-22-7-9-23/h4-5,11-12,22,24-25H,1-3,6-10H2. The van der Waals surface area contributed by atoms with E-state index in [9.17, 15) is 28.2 Å². The third-order valence-corrected chi connectivity index (χ3v) is 5.32. The molecule has 2 unspecified atom stereocenters. The smallest absolute Gasteiger partial charge is 0.491 e. The van der Waals surface area contributed by atoms with E-state index in [2.05, 4.69) is 15.0 Å². The fraction of sp³-hybridized carbons (Fsp3) is 0.611. The number of nitrogens with one attached hydrogen (secondary N) is 1. The molecule has 9 heteroatoms. The molecule has 27 heavy (non-hydrogen) atoms. The summed E-state index contributed by atoms with van der Waals surface area (Å²) in [5.41, 5.74) is 0.401. The quantitative estimate of drug-likeness (QED) is 0.545. The molecule has 1 aromatic rings. The third-order valence-electron chi connectivity index (χ3n) is 5.32. The van der Waals surface area contributed by atoms with Crippen LogP contribution in [0.1, 0.15) is 37.2 Å². The molecule has 2 atom stereocenters. The fourth-order valence-electron chi connectivity index (χ4n) is 3.98. The lowest BCUT2D eigenvalue weighted by Crippen LogP contribution is -2.49. The molecule has 1 aliphatic heterocycles. The molecule has 0 spiro atoms. The van der Waals surface area contributed by atoms with E-state index in [1.165, 1.54) is 6.07 Å². The second kappa shape index (κ2) is 7.93. The zero-order chi connectivity index (χ0) is 19.6. The summed E-state index contributed by atoms with van der Waals surface area (Å²) in [7, 11) is 0. The molecule has 1 heterocycles. The summed E-state index contributed by atoms with van der Waals surface area (Å²) in [5, 5.41) is 23.5. The van der Waals surface area contributed by atoms with E-state index in [4.69, 9.17) is 0 Å². The van der Waals surface area contributed by atoms with Gasteiger partial charge in [-0.05, 0) is 31.2 Å². The Bertz CT molecular complexity index is 690. The van der Waals surface area contributed by atoms with Crippen molar-refractivity contribution >= 4 is 5.97 Å². The Morgan fingerprint density at radius 1 is 1.19 bits per heavy atom. The zero-order valence-corrected chi connectivity index (χ0v) is 14.8. The van der Waals surface area contributed by atoms with Gasteiger partial charge >= 0.3 is 12.1 Å². The molecule has 0 amide bonds. The lowest BCUT2D eigenvalue weighted by atomic mass is 9.80. The number of hydrogen-bond acceptors (Lipinski definition) is 6. The number of nitrogens with zero attached hydrogens (tertiary/aromatic N) is 1. The molecular weight excluding hydrogens is 365 g/mol. The highest BCUT2D eigenvalue weighted by atomic mass is 19.4. The molecule has 0 radical (unpaired) electrons. The summed E-state index contributed by atoms with van der Waals surface area (Å²) in [6, 6.07) is 2.98. The van der Waals surface area contributed by atoms with Gasteiger partial charge < -0.3 is 20.3 Å². The van der Waals surface area contributed by atoms with Gasteiger partial charge in [0.25, 0.3) is 0 Å². The number of carbonyl (C=O) groups is 1. The SMILES string of the molecule is O=C(Oc1c(O)ccc(C2CCCC(N3CCNCC3)C2)c1O)C(F)(F)F. The predicted octanol–water partition coefficient (Wildman–Crippen LogP) is 2.50. The number of esters is 1. The minimum atomic E-state index is -5.22. The Morgan fingerprint density at radius 3 is 2.56 bits per heavy atom. The normalized spacial score (nSPS) is 24.6. The lowest BCUT2D eigenvalue weighted by molar-refractivity contribution is -0.189. The van der Waals surface area contributed by atoms with E-state index in [0.29, 0.717) is 11.6 Å². The topological polar surface area (TPSA) is 82.0 Å². The van der Waals surface area contributed by atoms with E-state index < -0.39 is 29.4 Å². The minimum Gasteiger partial charge on any atom is -0.504 e. The maximum Gasteiger partial charge on any atom is 0.491 e. The lowest BCUT2D eigenvalue weighted by Gasteiger charge is -2.40. The first-order chi connectivity index (χ1) is 12.8. The van der Waals surface area contributed by atoms with Gasteiger partial charge in [-0.25, -0.2) is 4.79 Å². The van der Waals surface area contributed by atoms with Gasteiger partial charge in [-0.3, -0.25) is 4.90 Å². The fourth-order valence-corrected chi connectivity index (χ4v) is 3.98. The van der Waals surface area contributed by atoms with Gasteiger partial charge in [-0.1, -0.05) is 12.5 Å².